The maximum Gasteiger partial charge on any atom is 0.311 e. The monoisotopic (exact) mass is 618 g/mol. The van der Waals surface area contributed by atoms with Crippen LogP contribution in [0.1, 0.15) is 77.7 Å². The van der Waals surface area contributed by atoms with Gasteiger partial charge in [0.15, 0.2) is 12.4 Å². The highest BCUT2D eigenvalue weighted by atomic mass is 35.5. The van der Waals surface area contributed by atoms with Crippen LogP contribution in [0.15, 0.2) is 18.2 Å². The van der Waals surface area contributed by atoms with Gasteiger partial charge in [-0.15, -0.1) is 0 Å². The number of carbonyl (C=O) groups is 5. The number of ketones is 1. The molecule has 1 aromatic heterocycles. The minimum atomic E-state index is -1.10. The molecular weight excluding hydrogens is 576 g/mol. The lowest BCUT2D eigenvalue weighted by molar-refractivity contribution is -0.156. The summed E-state index contributed by atoms with van der Waals surface area (Å²) in [5.41, 5.74) is -0.407. The van der Waals surface area contributed by atoms with E-state index in [0.717, 1.165) is 6.42 Å². The summed E-state index contributed by atoms with van der Waals surface area (Å²) in [5, 5.41) is 9.43. The van der Waals surface area contributed by atoms with E-state index in [9.17, 15) is 24.0 Å². The van der Waals surface area contributed by atoms with Crippen LogP contribution in [0.5, 0.6) is 5.75 Å². The summed E-state index contributed by atoms with van der Waals surface area (Å²) in [4.78, 5) is 68.2. The zero-order valence-electron chi connectivity index (χ0n) is 25.9. The molecule has 236 valence electrons. The van der Waals surface area contributed by atoms with Crippen LogP contribution < -0.4 is 20.7 Å². The van der Waals surface area contributed by atoms with Gasteiger partial charge in [-0.3, -0.25) is 24.0 Å². The van der Waals surface area contributed by atoms with E-state index in [-0.39, 0.29) is 29.9 Å². The normalized spacial score (nSPS) is 17.0. The zero-order chi connectivity index (χ0) is 32.1. The van der Waals surface area contributed by atoms with Crippen LogP contribution in [0, 0.1) is 16.7 Å². The Balaban J connectivity index is 1.83. The molecule has 4 N–H and O–H groups in total. The summed E-state index contributed by atoms with van der Waals surface area (Å²) in [7, 11) is 1.50. The van der Waals surface area contributed by atoms with Crippen molar-refractivity contribution in [1.29, 1.82) is 0 Å². The van der Waals surface area contributed by atoms with Crippen LogP contribution in [0.3, 0.4) is 0 Å². The van der Waals surface area contributed by atoms with Crippen LogP contribution in [0.4, 0.5) is 0 Å². The number of benzene rings is 1. The molecule has 1 aliphatic rings. The number of amides is 3. The number of carbonyl (C=O) groups excluding carboxylic acids is 5. The number of hydrogen-bond acceptors (Lipinski definition) is 7. The number of methoxy groups -OCH3 is 1. The summed E-state index contributed by atoms with van der Waals surface area (Å²) in [6.07, 6.45) is 1.60. The van der Waals surface area contributed by atoms with Crippen molar-refractivity contribution in [1.82, 2.24) is 20.9 Å². The van der Waals surface area contributed by atoms with Crippen LogP contribution in [0.25, 0.3) is 10.9 Å². The number of ether oxygens (including phenoxy) is 2. The highest BCUT2D eigenvalue weighted by Crippen LogP contribution is 2.30. The van der Waals surface area contributed by atoms with Gasteiger partial charge >= 0.3 is 5.97 Å². The molecule has 3 amide bonds. The van der Waals surface area contributed by atoms with Crippen molar-refractivity contribution in [3.8, 4) is 5.75 Å². The molecule has 0 unspecified atom stereocenters. The molecule has 1 aliphatic heterocycles. The van der Waals surface area contributed by atoms with E-state index >= 15 is 0 Å². The average Bonchev–Trinajstić information content (AvgIpc) is 3.34. The topological polar surface area (TPSA) is 156 Å². The number of esters is 1. The van der Waals surface area contributed by atoms with Gasteiger partial charge in [0.2, 0.25) is 11.8 Å². The molecule has 2 aromatic rings. The number of rotatable bonds is 11. The Labute approximate surface area is 257 Å². The van der Waals surface area contributed by atoms with Gasteiger partial charge in [0.25, 0.3) is 5.91 Å². The lowest BCUT2D eigenvalue weighted by atomic mass is 9.87. The van der Waals surface area contributed by atoms with E-state index in [0.29, 0.717) is 34.6 Å². The van der Waals surface area contributed by atoms with Crippen LogP contribution in [0.2, 0.25) is 5.02 Å². The third kappa shape index (κ3) is 9.44. The zero-order valence-corrected chi connectivity index (χ0v) is 26.7. The maximum absolute atomic E-state index is 13.7. The second kappa shape index (κ2) is 13.8. The first-order valence-electron chi connectivity index (χ1n) is 14.4. The standard InChI is InChI=1S/C31H43ClN4O7/c1-30(2,3)15-23(36-27(39)22-14-19-20(34-22)12-18(32)13-25(19)42-7)28(40)35-21(11-17-9-8-10-33-26(17)38)24(37)16-43-29(41)31(4,5)6/h12-14,17,21,23,34H,8-11,15-16H2,1-7H3,(H,33,38)(H,35,40)(H,36,39)/t17-,21-,23-/m0/s1. The average molecular weight is 619 g/mol. The molecule has 3 rings (SSSR count). The number of aromatic amines is 1. The molecule has 1 saturated heterocycles. The Morgan fingerprint density at radius 1 is 1.05 bits per heavy atom. The highest BCUT2D eigenvalue weighted by Gasteiger charge is 2.35. The first-order valence-corrected chi connectivity index (χ1v) is 14.8. The van der Waals surface area contributed by atoms with Crippen molar-refractivity contribution in [3.05, 3.63) is 28.9 Å². The lowest BCUT2D eigenvalue weighted by Crippen LogP contribution is -2.54. The van der Waals surface area contributed by atoms with Gasteiger partial charge in [0.1, 0.15) is 17.5 Å². The second-order valence-corrected chi connectivity index (χ2v) is 13.7. The fraction of sp³-hybridized carbons (Fsp3) is 0.581. The number of piperidine rings is 1. The van der Waals surface area contributed by atoms with Crippen LogP contribution in [-0.2, 0) is 23.9 Å². The molecule has 0 spiro atoms. The highest BCUT2D eigenvalue weighted by molar-refractivity contribution is 6.31. The first kappa shape index (κ1) is 33.9. The molecule has 1 aromatic carbocycles. The fourth-order valence-electron chi connectivity index (χ4n) is 4.86. The van der Waals surface area contributed by atoms with Crippen molar-refractivity contribution >= 4 is 52.0 Å². The SMILES string of the molecule is COc1cc(Cl)cc2[nH]c(C(=O)N[C@@H](CC(C)(C)C)C(=O)N[C@@H](C[C@@H]3CCCNC3=O)C(=O)COC(=O)C(C)(C)C)cc12. The summed E-state index contributed by atoms with van der Waals surface area (Å²) in [6, 6.07) is 2.80. The molecule has 12 heteroatoms. The molecule has 2 heterocycles. The maximum atomic E-state index is 13.7. The number of Topliss-reactive ketones (excluding diaryl/α,β-unsaturated/α-hetero) is 1. The summed E-state index contributed by atoms with van der Waals surface area (Å²) < 4.78 is 10.6. The van der Waals surface area contributed by atoms with Crippen LogP contribution >= 0.6 is 11.6 Å². The smallest absolute Gasteiger partial charge is 0.311 e. The Hall–Kier alpha value is -3.60. The third-order valence-corrected chi connectivity index (χ3v) is 7.37. The number of fused-ring (bicyclic) bond motifs is 1. The van der Waals surface area contributed by atoms with Crippen molar-refractivity contribution < 1.29 is 33.4 Å². The first-order chi connectivity index (χ1) is 20.0. The Morgan fingerprint density at radius 3 is 2.35 bits per heavy atom. The molecule has 0 radical (unpaired) electrons. The minimum absolute atomic E-state index is 0.0439. The minimum Gasteiger partial charge on any atom is -0.496 e. The predicted molar refractivity (Wildman–Crippen MR) is 163 cm³/mol. The lowest BCUT2D eigenvalue weighted by Gasteiger charge is -2.30. The van der Waals surface area contributed by atoms with Crippen molar-refractivity contribution in [2.45, 2.75) is 79.3 Å². The summed E-state index contributed by atoms with van der Waals surface area (Å²) >= 11 is 6.17. The molecule has 0 bridgehead atoms. The quantitative estimate of drug-likeness (QED) is 0.278. The Kier molecular flexibility index (Phi) is 10.9. The van der Waals surface area contributed by atoms with Crippen molar-refractivity contribution in [2.24, 2.45) is 16.7 Å². The Bertz CT molecular complexity index is 1370. The van der Waals surface area contributed by atoms with E-state index in [1.165, 1.54) is 7.11 Å². The van der Waals surface area contributed by atoms with Gasteiger partial charge in [0, 0.05) is 22.9 Å². The number of halogens is 1. The molecule has 0 aliphatic carbocycles. The molecule has 43 heavy (non-hydrogen) atoms. The second-order valence-electron chi connectivity index (χ2n) is 13.3. The fourth-order valence-corrected chi connectivity index (χ4v) is 5.07. The van der Waals surface area contributed by atoms with Gasteiger partial charge < -0.3 is 30.4 Å². The van der Waals surface area contributed by atoms with Gasteiger partial charge in [-0.25, -0.2) is 0 Å². The number of hydrogen-bond donors (Lipinski definition) is 4. The van der Waals surface area contributed by atoms with E-state index in [4.69, 9.17) is 21.1 Å². The van der Waals surface area contributed by atoms with Crippen molar-refractivity contribution in [3.63, 3.8) is 0 Å². The van der Waals surface area contributed by atoms with Gasteiger partial charge in [-0.1, -0.05) is 32.4 Å². The number of nitrogens with one attached hydrogen (secondary N) is 4. The van der Waals surface area contributed by atoms with Crippen LogP contribution in [-0.4, -0.2) is 66.8 Å². The van der Waals surface area contributed by atoms with E-state index in [1.54, 1.807) is 39.0 Å². The molecule has 11 nitrogen and oxygen atoms in total. The largest absolute Gasteiger partial charge is 0.496 e. The summed E-state index contributed by atoms with van der Waals surface area (Å²) in [6.45, 7) is 10.8. The molecule has 1 fully saturated rings. The third-order valence-electron chi connectivity index (χ3n) is 7.15. The van der Waals surface area contributed by atoms with E-state index in [2.05, 4.69) is 20.9 Å². The molecular formula is C31H43ClN4O7. The van der Waals surface area contributed by atoms with E-state index in [1.807, 2.05) is 20.8 Å². The summed E-state index contributed by atoms with van der Waals surface area (Å²) in [5.74, 6) is -2.42. The number of aromatic nitrogens is 1. The predicted octanol–water partition coefficient (Wildman–Crippen LogP) is 3.92. The number of H-pyrrole nitrogens is 1. The van der Waals surface area contributed by atoms with Gasteiger partial charge in [-0.2, -0.15) is 0 Å². The van der Waals surface area contributed by atoms with Gasteiger partial charge in [0.05, 0.1) is 24.1 Å². The van der Waals surface area contributed by atoms with Gasteiger partial charge in [-0.05, 0) is 70.1 Å². The Morgan fingerprint density at radius 2 is 1.74 bits per heavy atom. The van der Waals surface area contributed by atoms with E-state index < -0.39 is 53.6 Å². The molecule has 0 saturated carbocycles. The molecule has 3 atom stereocenters. The van der Waals surface area contributed by atoms with Crippen molar-refractivity contribution in [2.75, 3.05) is 20.3 Å².